The lowest BCUT2D eigenvalue weighted by Gasteiger charge is -2.25. The SMILES string of the molecule is CCCCC(CNC(=O)OC(C)(C)C)NC(C)c1sccc1Br. The van der Waals surface area contributed by atoms with Crippen molar-refractivity contribution in [1.82, 2.24) is 10.6 Å². The van der Waals surface area contributed by atoms with Gasteiger partial charge in [-0.1, -0.05) is 19.8 Å². The molecule has 1 aromatic rings. The first-order valence-electron chi connectivity index (χ1n) is 8.18. The molecule has 2 N–H and O–H groups in total. The molecule has 0 radical (unpaired) electrons. The van der Waals surface area contributed by atoms with Gasteiger partial charge in [-0.15, -0.1) is 11.3 Å². The van der Waals surface area contributed by atoms with Crippen LogP contribution in [0.5, 0.6) is 0 Å². The Morgan fingerprint density at radius 3 is 2.65 bits per heavy atom. The summed E-state index contributed by atoms with van der Waals surface area (Å²) in [5.41, 5.74) is -0.467. The molecule has 132 valence electrons. The number of ether oxygens (including phenoxy) is 1. The smallest absolute Gasteiger partial charge is 0.407 e. The predicted octanol–water partition coefficient (Wildman–Crippen LogP) is 5.24. The molecule has 23 heavy (non-hydrogen) atoms. The zero-order valence-corrected chi connectivity index (χ0v) is 17.1. The van der Waals surface area contributed by atoms with E-state index in [1.54, 1.807) is 11.3 Å². The van der Waals surface area contributed by atoms with Crippen molar-refractivity contribution in [3.05, 3.63) is 20.8 Å². The Kier molecular flexibility index (Phi) is 8.58. The van der Waals surface area contributed by atoms with Crippen LogP contribution < -0.4 is 10.6 Å². The van der Waals surface area contributed by atoms with Crippen LogP contribution in [0.1, 0.15) is 64.8 Å². The second-order valence-electron chi connectivity index (χ2n) is 6.74. The molecule has 0 aromatic carbocycles. The lowest BCUT2D eigenvalue weighted by atomic mass is 10.1. The Hall–Kier alpha value is -0.590. The third-order valence-corrected chi connectivity index (χ3v) is 5.38. The van der Waals surface area contributed by atoms with Crippen LogP contribution >= 0.6 is 27.3 Å². The highest BCUT2D eigenvalue weighted by Crippen LogP contribution is 2.29. The van der Waals surface area contributed by atoms with Gasteiger partial charge < -0.3 is 15.4 Å². The first-order chi connectivity index (χ1) is 10.7. The molecule has 0 bridgehead atoms. The van der Waals surface area contributed by atoms with E-state index in [9.17, 15) is 4.79 Å². The fourth-order valence-electron chi connectivity index (χ4n) is 2.26. The number of carbonyl (C=O) groups is 1. The van der Waals surface area contributed by atoms with Gasteiger partial charge in [0.2, 0.25) is 0 Å². The maximum absolute atomic E-state index is 11.8. The van der Waals surface area contributed by atoms with E-state index in [1.807, 2.05) is 20.8 Å². The zero-order valence-electron chi connectivity index (χ0n) is 14.7. The minimum Gasteiger partial charge on any atom is -0.444 e. The molecule has 0 fully saturated rings. The fourth-order valence-corrected chi connectivity index (χ4v) is 3.99. The first kappa shape index (κ1) is 20.5. The van der Waals surface area contributed by atoms with Crippen LogP contribution in [0, 0.1) is 0 Å². The summed E-state index contributed by atoms with van der Waals surface area (Å²) in [7, 11) is 0. The fraction of sp³-hybridized carbons (Fsp3) is 0.706. The molecule has 6 heteroatoms. The largest absolute Gasteiger partial charge is 0.444 e. The Morgan fingerprint density at radius 2 is 2.13 bits per heavy atom. The standard InChI is InChI=1S/C17H29BrN2O2S/c1-6-7-8-13(11-19-16(21)22-17(3,4)5)20-12(2)15-14(18)9-10-23-15/h9-10,12-13,20H,6-8,11H2,1-5H3,(H,19,21). The maximum atomic E-state index is 11.8. The highest BCUT2D eigenvalue weighted by Gasteiger charge is 2.19. The van der Waals surface area contributed by atoms with E-state index >= 15 is 0 Å². The molecule has 0 spiro atoms. The molecule has 0 aliphatic rings. The Bertz CT molecular complexity index is 485. The van der Waals surface area contributed by atoms with E-state index in [0.717, 1.165) is 23.7 Å². The molecule has 2 atom stereocenters. The monoisotopic (exact) mass is 404 g/mol. The maximum Gasteiger partial charge on any atom is 0.407 e. The number of hydrogen-bond donors (Lipinski definition) is 2. The van der Waals surface area contributed by atoms with Crippen molar-refractivity contribution in [1.29, 1.82) is 0 Å². The summed E-state index contributed by atoms with van der Waals surface area (Å²) in [6.45, 7) is 10.5. The minimum absolute atomic E-state index is 0.228. The van der Waals surface area contributed by atoms with Crippen LogP contribution in [0.15, 0.2) is 15.9 Å². The Morgan fingerprint density at radius 1 is 1.43 bits per heavy atom. The molecule has 1 aromatic heterocycles. The van der Waals surface area contributed by atoms with Crippen molar-refractivity contribution in [3.8, 4) is 0 Å². The number of thiophene rings is 1. The number of hydrogen-bond acceptors (Lipinski definition) is 4. The van der Waals surface area contributed by atoms with Gasteiger partial charge in [-0.2, -0.15) is 0 Å². The van der Waals surface area contributed by atoms with E-state index in [4.69, 9.17) is 4.74 Å². The molecule has 0 aliphatic carbocycles. The molecule has 1 amide bonds. The number of amides is 1. The molecule has 0 saturated heterocycles. The quantitative estimate of drug-likeness (QED) is 0.622. The molecule has 2 unspecified atom stereocenters. The van der Waals surface area contributed by atoms with Crippen molar-refractivity contribution in [2.45, 2.75) is 71.6 Å². The van der Waals surface area contributed by atoms with Crippen LogP contribution in [0.2, 0.25) is 0 Å². The van der Waals surface area contributed by atoms with Crippen LogP contribution in [0.4, 0.5) is 4.79 Å². The number of unbranched alkanes of at least 4 members (excludes halogenated alkanes) is 1. The van der Waals surface area contributed by atoms with E-state index < -0.39 is 5.60 Å². The zero-order chi connectivity index (χ0) is 17.5. The number of nitrogens with one attached hydrogen (secondary N) is 2. The lowest BCUT2D eigenvalue weighted by molar-refractivity contribution is 0.0521. The van der Waals surface area contributed by atoms with Crippen molar-refractivity contribution < 1.29 is 9.53 Å². The molecule has 4 nitrogen and oxygen atoms in total. The summed E-state index contributed by atoms with van der Waals surface area (Å²) < 4.78 is 6.44. The second kappa shape index (κ2) is 9.64. The minimum atomic E-state index is -0.467. The second-order valence-corrected chi connectivity index (χ2v) is 8.55. The summed E-state index contributed by atoms with van der Waals surface area (Å²) in [6, 6.07) is 2.54. The summed E-state index contributed by atoms with van der Waals surface area (Å²) in [5, 5.41) is 8.59. The van der Waals surface area contributed by atoms with Crippen LogP contribution in [-0.2, 0) is 4.74 Å². The van der Waals surface area contributed by atoms with Crippen molar-refractivity contribution in [2.75, 3.05) is 6.54 Å². The predicted molar refractivity (Wildman–Crippen MR) is 101 cm³/mol. The van der Waals surface area contributed by atoms with Crippen LogP contribution in [-0.4, -0.2) is 24.3 Å². The van der Waals surface area contributed by atoms with Gasteiger partial charge in [-0.05, 0) is 61.5 Å². The van der Waals surface area contributed by atoms with Crippen molar-refractivity contribution in [3.63, 3.8) is 0 Å². The van der Waals surface area contributed by atoms with Gasteiger partial charge in [0.25, 0.3) is 0 Å². The summed E-state index contributed by atoms with van der Waals surface area (Å²) in [4.78, 5) is 13.1. The van der Waals surface area contributed by atoms with Crippen LogP contribution in [0.3, 0.4) is 0 Å². The molecule has 0 saturated carbocycles. The average molecular weight is 405 g/mol. The van der Waals surface area contributed by atoms with Crippen LogP contribution in [0.25, 0.3) is 0 Å². The third kappa shape index (κ3) is 8.18. The Labute approximate surface area is 152 Å². The van der Waals surface area contributed by atoms with E-state index in [-0.39, 0.29) is 18.2 Å². The van der Waals surface area contributed by atoms with E-state index in [0.29, 0.717) is 6.54 Å². The molecular weight excluding hydrogens is 376 g/mol. The molecular formula is C17H29BrN2O2S. The van der Waals surface area contributed by atoms with E-state index in [1.165, 1.54) is 4.88 Å². The number of alkyl carbamates (subject to hydrolysis) is 1. The lowest BCUT2D eigenvalue weighted by Crippen LogP contribution is -2.43. The summed E-state index contributed by atoms with van der Waals surface area (Å²) in [5.74, 6) is 0. The van der Waals surface area contributed by atoms with Gasteiger partial charge in [-0.3, -0.25) is 0 Å². The Balaban J connectivity index is 2.55. The van der Waals surface area contributed by atoms with E-state index in [2.05, 4.69) is 51.9 Å². The number of halogens is 1. The molecule has 0 aliphatic heterocycles. The van der Waals surface area contributed by atoms with Crippen molar-refractivity contribution >= 4 is 33.4 Å². The highest BCUT2D eigenvalue weighted by atomic mass is 79.9. The van der Waals surface area contributed by atoms with Crippen molar-refractivity contribution in [2.24, 2.45) is 0 Å². The average Bonchev–Trinajstić information content (AvgIpc) is 2.86. The first-order valence-corrected chi connectivity index (χ1v) is 9.86. The van der Waals surface area contributed by atoms with Gasteiger partial charge in [0.1, 0.15) is 5.60 Å². The highest BCUT2D eigenvalue weighted by molar-refractivity contribution is 9.10. The van der Waals surface area contributed by atoms with Gasteiger partial charge in [-0.25, -0.2) is 4.79 Å². The number of rotatable bonds is 8. The summed E-state index contributed by atoms with van der Waals surface area (Å²) >= 11 is 5.32. The van der Waals surface area contributed by atoms with Gasteiger partial charge in [0, 0.05) is 28.0 Å². The molecule has 1 rings (SSSR count). The van der Waals surface area contributed by atoms with Gasteiger partial charge in [0.15, 0.2) is 0 Å². The topological polar surface area (TPSA) is 50.4 Å². The number of carbonyl (C=O) groups excluding carboxylic acids is 1. The van der Waals surface area contributed by atoms with Gasteiger partial charge in [0.05, 0.1) is 0 Å². The third-order valence-electron chi connectivity index (χ3n) is 3.32. The summed E-state index contributed by atoms with van der Waals surface area (Å²) in [6.07, 6.45) is 2.94. The normalized spacial score (nSPS) is 14.3. The van der Waals surface area contributed by atoms with Gasteiger partial charge >= 0.3 is 6.09 Å². The molecule has 1 heterocycles.